The van der Waals surface area contributed by atoms with Gasteiger partial charge in [-0.3, -0.25) is 9.69 Å². The molecule has 3 aliphatic rings. The second-order valence-corrected chi connectivity index (χ2v) is 7.67. The molecule has 1 aromatic rings. The van der Waals surface area contributed by atoms with Crippen molar-refractivity contribution in [1.29, 1.82) is 0 Å². The Morgan fingerprint density at radius 2 is 1.92 bits per heavy atom. The van der Waals surface area contributed by atoms with Crippen LogP contribution in [-0.4, -0.2) is 68.8 Å². The molecule has 0 unspecified atom stereocenters. The summed E-state index contributed by atoms with van der Waals surface area (Å²) in [5.41, 5.74) is 1.19. The van der Waals surface area contributed by atoms with Crippen LogP contribution in [0.15, 0.2) is 24.3 Å². The average Bonchev–Trinajstić information content (AvgIpc) is 3.52. The molecule has 1 atom stereocenters. The number of carbonyl (C=O) groups is 1. The zero-order chi connectivity index (χ0) is 17.9. The number of piperazine rings is 1. The van der Waals surface area contributed by atoms with Crippen molar-refractivity contribution in [2.45, 2.75) is 43.8 Å². The number of carbonyl (C=O) groups excluding carboxylic acids is 1. The lowest BCUT2D eigenvalue weighted by Crippen LogP contribution is -2.60. The third-order valence-corrected chi connectivity index (χ3v) is 5.85. The highest BCUT2D eigenvalue weighted by molar-refractivity contribution is 5.82. The van der Waals surface area contributed by atoms with E-state index in [0.29, 0.717) is 12.1 Å². The fourth-order valence-corrected chi connectivity index (χ4v) is 4.17. The number of piperidine rings is 1. The second-order valence-electron chi connectivity index (χ2n) is 7.67. The monoisotopic (exact) mass is 358 g/mol. The van der Waals surface area contributed by atoms with Crippen LogP contribution in [0.2, 0.25) is 0 Å². The van der Waals surface area contributed by atoms with Gasteiger partial charge in [0.1, 0.15) is 5.75 Å². The van der Waals surface area contributed by atoms with Crippen molar-refractivity contribution in [1.82, 2.24) is 15.5 Å². The zero-order valence-electron chi connectivity index (χ0n) is 15.6. The van der Waals surface area contributed by atoms with Crippen molar-refractivity contribution in [2.75, 3.05) is 44.7 Å². The van der Waals surface area contributed by atoms with Crippen LogP contribution in [0.5, 0.6) is 5.75 Å². The maximum Gasteiger partial charge on any atom is 0.238 e. The molecule has 0 radical (unpaired) electrons. The van der Waals surface area contributed by atoms with E-state index in [-0.39, 0.29) is 11.9 Å². The molecule has 1 aliphatic carbocycles. The first-order valence-electron chi connectivity index (χ1n) is 9.90. The maximum atomic E-state index is 12.4. The molecule has 6 heteroatoms. The van der Waals surface area contributed by atoms with Gasteiger partial charge < -0.3 is 20.3 Å². The number of para-hydroxylation sites is 2. The van der Waals surface area contributed by atoms with Gasteiger partial charge in [0, 0.05) is 44.8 Å². The highest BCUT2D eigenvalue weighted by Gasteiger charge is 2.33. The van der Waals surface area contributed by atoms with E-state index in [1.807, 2.05) is 12.1 Å². The summed E-state index contributed by atoms with van der Waals surface area (Å²) in [5, 5.41) is 6.53. The summed E-state index contributed by atoms with van der Waals surface area (Å²) < 4.78 is 5.51. The average molecular weight is 358 g/mol. The fraction of sp³-hybridized carbons (Fsp3) is 0.650. The lowest BCUT2D eigenvalue weighted by Gasteiger charge is -2.43. The van der Waals surface area contributed by atoms with Gasteiger partial charge >= 0.3 is 0 Å². The number of methoxy groups -OCH3 is 1. The number of amides is 1. The molecule has 2 heterocycles. The Balaban J connectivity index is 1.31. The van der Waals surface area contributed by atoms with Gasteiger partial charge in [-0.15, -0.1) is 0 Å². The summed E-state index contributed by atoms with van der Waals surface area (Å²) in [5.74, 6) is 1.13. The summed E-state index contributed by atoms with van der Waals surface area (Å²) in [4.78, 5) is 17.3. The molecule has 0 bridgehead atoms. The summed E-state index contributed by atoms with van der Waals surface area (Å²) >= 11 is 0. The Hall–Kier alpha value is -1.79. The summed E-state index contributed by atoms with van der Waals surface area (Å²) in [6, 6.07) is 9.20. The predicted molar refractivity (Wildman–Crippen MR) is 103 cm³/mol. The van der Waals surface area contributed by atoms with Crippen molar-refractivity contribution in [3.63, 3.8) is 0 Å². The van der Waals surface area contributed by atoms with Gasteiger partial charge in [-0.2, -0.15) is 0 Å². The van der Waals surface area contributed by atoms with Gasteiger partial charge in [-0.05, 0) is 37.8 Å². The molecular weight excluding hydrogens is 328 g/mol. The smallest absolute Gasteiger partial charge is 0.238 e. The number of hydrogen-bond donors (Lipinski definition) is 2. The molecular formula is C20H30N4O2. The van der Waals surface area contributed by atoms with E-state index >= 15 is 0 Å². The first-order valence-corrected chi connectivity index (χ1v) is 9.90. The van der Waals surface area contributed by atoms with Crippen LogP contribution in [0, 0.1) is 0 Å². The molecule has 3 fully saturated rings. The SMILES string of the molecule is COc1ccccc1N1CCC(N2CCN[C@H](C(=O)NC3CC3)C2)CC1. The van der Waals surface area contributed by atoms with E-state index < -0.39 is 0 Å². The standard InChI is InChI=1S/C20H30N4O2/c1-26-19-5-3-2-4-18(19)23-11-8-16(9-12-23)24-13-10-21-17(14-24)20(25)22-15-6-7-15/h2-5,15-17,21H,6-14H2,1H3,(H,22,25)/t17-/m0/s1. The molecule has 1 amide bonds. The molecule has 0 spiro atoms. The lowest BCUT2D eigenvalue weighted by atomic mass is 10.00. The third kappa shape index (κ3) is 3.96. The van der Waals surface area contributed by atoms with Crippen LogP contribution in [0.25, 0.3) is 0 Å². The van der Waals surface area contributed by atoms with E-state index in [4.69, 9.17) is 4.74 Å². The minimum Gasteiger partial charge on any atom is -0.495 e. The van der Waals surface area contributed by atoms with Crippen LogP contribution in [0.3, 0.4) is 0 Å². The van der Waals surface area contributed by atoms with Crippen LogP contribution in [0.1, 0.15) is 25.7 Å². The van der Waals surface area contributed by atoms with Gasteiger partial charge in [-0.25, -0.2) is 0 Å². The predicted octanol–water partition coefficient (Wildman–Crippen LogP) is 1.22. The molecule has 4 rings (SSSR count). The van der Waals surface area contributed by atoms with Crippen molar-refractivity contribution >= 4 is 11.6 Å². The van der Waals surface area contributed by atoms with Crippen molar-refractivity contribution in [3.05, 3.63) is 24.3 Å². The van der Waals surface area contributed by atoms with Gasteiger partial charge in [0.15, 0.2) is 0 Å². The van der Waals surface area contributed by atoms with Crippen LogP contribution in [0.4, 0.5) is 5.69 Å². The highest BCUT2D eigenvalue weighted by atomic mass is 16.5. The van der Waals surface area contributed by atoms with Crippen molar-refractivity contribution in [3.8, 4) is 5.75 Å². The largest absolute Gasteiger partial charge is 0.495 e. The molecule has 1 saturated carbocycles. The molecule has 2 N–H and O–H groups in total. The van der Waals surface area contributed by atoms with Gasteiger partial charge in [0.25, 0.3) is 0 Å². The van der Waals surface area contributed by atoms with E-state index in [9.17, 15) is 4.79 Å². The normalized spacial score (nSPS) is 25.1. The molecule has 1 aromatic carbocycles. The first kappa shape index (κ1) is 17.6. The number of rotatable bonds is 5. The minimum absolute atomic E-state index is 0.0587. The Morgan fingerprint density at radius 1 is 1.15 bits per heavy atom. The van der Waals surface area contributed by atoms with Crippen LogP contribution < -0.4 is 20.3 Å². The van der Waals surface area contributed by atoms with E-state index in [1.54, 1.807) is 7.11 Å². The number of nitrogens with zero attached hydrogens (tertiary/aromatic N) is 2. The molecule has 26 heavy (non-hydrogen) atoms. The van der Waals surface area contributed by atoms with E-state index in [0.717, 1.165) is 64.2 Å². The minimum atomic E-state index is -0.0587. The zero-order valence-corrected chi connectivity index (χ0v) is 15.6. The fourth-order valence-electron chi connectivity index (χ4n) is 4.17. The number of hydrogen-bond acceptors (Lipinski definition) is 5. The van der Waals surface area contributed by atoms with Crippen molar-refractivity contribution in [2.24, 2.45) is 0 Å². The van der Waals surface area contributed by atoms with Crippen LogP contribution >= 0.6 is 0 Å². The summed E-state index contributed by atoms with van der Waals surface area (Å²) in [6.07, 6.45) is 4.55. The second kappa shape index (κ2) is 7.84. The van der Waals surface area contributed by atoms with Gasteiger partial charge in [-0.1, -0.05) is 12.1 Å². The van der Waals surface area contributed by atoms with Crippen molar-refractivity contribution < 1.29 is 9.53 Å². The Morgan fingerprint density at radius 3 is 2.65 bits per heavy atom. The molecule has 142 valence electrons. The highest BCUT2D eigenvalue weighted by Crippen LogP contribution is 2.31. The lowest BCUT2D eigenvalue weighted by molar-refractivity contribution is -0.124. The topological polar surface area (TPSA) is 56.8 Å². The first-order chi connectivity index (χ1) is 12.7. The Labute approximate surface area is 155 Å². The summed E-state index contributed by atoms with van der Waals surface area (Å²) in [6.45, 7) is 4.84. The van der Waals surface area contributed by atoms with Gasteiger partial charge in [0.2, 0.25) is 5.91 Å². The molecule has 6 nitrogen and oxygen atoms in total. The summed E-state index contributed by atoms with van der Waals surface area (Å²) in [7, 11) is 1.74. The van der Waals surface area contributed by atoms with Crippen LogP contribution in [-0.2, 0) is 4.79 Å². The Kier molecular flexibility index (Phi) is 5.31. The molecule has 2 saturated heterocycles. The van der Waals surface area contributed by atoms with Gasteiger partial charge in [0.05, 0.1) is 18.8 Å². The number of ether oxygens (including phenoxy) is 1. The number of nitrogens with one attached hydrogen (secondary N) is 2. The maximum absolute atomic E-state index is 12.4. The number of anilines is 1. The van der Waals surface area contributed by atoms with E-state index in [1.165, 1.54) is 5.69 Å². The third-order valence-electron chi connectivity index (χ3n) is 5.85. The quantitative estimate of drug-likeness (QED) is 0.829. The molecule has 2 aliphatic heterocycles. The molecule has 0 aromatic heterocycles. The number of benzene rings is 1. The van der Waals surface area contributed by atoms with E-state index in [2.05, 4.69) is 32.6 Å². The Bertz CT molecular complexity index is 626.